The molecule has 10 nitrogen and oxygen atoms in total. The number of rotatable bonds is 4. The van der Waals surface area contributed by atoms with Crippen LogP contribution in [0.5, 0.6) is 0 Å². The Hall–Kier alpha value is -2.11. The van der Waals surface area contributed by atoms with Crippen molar-refractivity contribution >= 4 is 0 Å². The smallest absolute Gasteiger partial charge is 0.160 e. The molecule has 0 aliphatic carbocycles. The van der Waals surface area contributed by atoms with Gasteiger partial charge < -0.3 is 43.9 Å². The second-order valence-corrected chi connectivity index (χ2v) is 16.3. The van der Waals surface area contributed by atoms with E-state index in [0.717, 1.165) is 54.9 Å². The molecule has 1 aromatic heterocycles. The van der Waals surface area contributed by atoms with Crippen LogP contribution >= 0.6 is 0 Å². The van der Waals surface area contributed by atoms with Crippen LogP contribution in [0.25, 0.3) is 0 Å². The Labute approximate surface area is 336 Å². The van der Waals surface area contributed by atoms with Gasteiger partial charge in [-0.05, 0) is 158 Å². The summed E-state index contributed by atoms with van der Waals surface area (Å²) in [7, 11) is 12.7. The lowest BCUT2D eigenvalue weighted by Crippen LogP contribution is -2.41. The van der Waals surface area contributed by atoms with Gasteiger partial charge >= 0.3 is 0 Å². The highest BCUT2D eigenvalue weighted by molar-refractivity contribution is 4.91. The largest absolute Gasteiger partial charge is 0.476 e. The maximum absolute atomic E-state index is 5.05. The van der Waals surface area contributed by atoms with E-state index in [4.69, 9.17) is 9.47 Å². The van der Waals surface area contributed by atoms with Crippen LogP contribution in [0.2, 0.25) is 0 Å². The zero-order valence-electron chi connectivity index (χ0n) is 38.7. The van der Waals surface area contributed by atoms with E-state index < -0.39 is 0 Å². The van der Waals surface area contributed by atoms with Gasteiger partial charge in [-0.1, -0.05) is 33.8 Å². The number of hydrogen-bond donors (Lipinski definition) is 1. The van der Waals surface area contributed by atoms with E-state index in [9.17, 15) is 0 Å². The van der Waals surface area contributed by atoms with E-state index in [1.165, 1.54) is 84.5 Å². The number of aryl methyl sites for hydroxylation is 2. The topological polar surface area (TPSA) is 64.5 Å². The van der Waals surface area contributed by atoms with Crippen molar-refractivity contribution in [1.29, 1.82) is 0 Å². The van der Waals surface area contributed by atoms with Gasteiger partial charge in [0.25, 0.3) is 0 Å². The van der Waals surface area contributed by atoms with E-state index in [2.05, 4.69) is 92.7 Å². The first-order chi connectivity index (χ1) is 25.6. The van der Waals surface area contributed by atoms with Crippen molar-refractivity contribution in [2.45, 2.75) is 101 Å². The van der Waals surface area contributed by atoms with Crippen LogP contribution in [-0.4, -0.2) is 148 Å². The molecule has 0 amide bonds. The minimum Gasteiger partial charge on any atom is -0.476 e. The number of likely N-dealkylation sites (tertiary alicyclic amines) is 4. The van der Waals surface area contributed by atoms with Gasteiger partial charge in [0.2, 0.25) is 0 Å². The summed E-state index contributed by atoms with van der Waals surface area (Å²) in [5, 5.41) is 3.02. The normalized spacial score (nSPS) is 21.8. The molecule has 6 rings (SSSR count). The summed E-state index contributed by atoms with van der Waals surface area (Å²) in [6, 6.07) is 0. The molecule has 1 N–H and O–H groups in total. The van der Waals surface area contributed by atoms with Crippen LogP contribution in [0, 0.1) is 30.6 Å². The first-order valence-corrected chi connectivity index (χ1v) is 21.2. The molecule has 5 aliphatic rings. The molecule has 4 saturated heterocycles. The number of imidazole rings is 1. The fourth-order valence-corrected chi connectivity index (χ4v) is 6.30. The van der Waals surface area contributed by atoms with Crippen molar-refractivity contribution in [1.82, 2.24) is 39.4 Å². The zero-order valence-corrected chi connectivity index (χ0v) is 38.7. The van der Waals surface area contributed by atoms with Gasteiger partial charge in [0.05, 0.1) is 12.0 Å². The van der Waals surface area contributed by atoms with Crippen LogP contribution < -0.4 is 5.32 Å². The first-order valence-electron chi connectivity index (χ1n) is 21.2. The second-order valence-electron chi connectivity index (χ2n) is 16.3. The minimum atomic E-state index is 0.714. The summed E-state index contributed by atoms with van der Waals surface area (Å²) >= 11 is 0. The Morgan fingerprint density at radius 1 is 0.722 bits per heavy atom. The van der Waals surface area contributed by atoms with Gasteiger partial charge in [-0.25, -0.2) is 4.98 Å². The third-order valence-electron chi connectivity index (χ3n) is 9.37. The van der Waals surface area contributed by atoms with E-state index in [-0.39, 0.29) is 0 Å². The predicted octanol–water partition coefficient (Wildman–Crippen LogP) is 7.89. The van der Waals surface area contributed by atoms with Gasteiger partial charge in [-0.2, -0.15) is 0 Å². The van der Waals surface area contributed by atoms with Gasteiger partial charge in [0, 0.05) is 72.4 Å². The van der Waals surface area contributed by atoms with Crippen molar-refractivity contribution < 1.29 is 9.47 Å². The molecule has 0 radical (unpaired) electrons. The van der Waals surface area contributed by atoms with E-state index in [1.807, 2.05) is 82.9 Å². The molecule has 2 unspecified atom stereocenters. The molecule has 0 spiro atoms. The summed E-state index contributed by atoms with van der Waals surface area (Å²) in [5.74, 6) is 4.84. The van der Waals surface area contributed by atoms with Crippen molar-refractivity contribution in [2.24, 2.45) is 30.7 Å². The third kappa shape index (κ3) is 35.6. The molecule has 4 fully saturated rings. The number of aromatic nitrogens is 2. The fourth-order valence-electron chi connectivity index (χ4n) is 6.30. The Kier molecular flexibility index (Phi) is 35.3. The molecule has 0 aromatic carbocycles. The van der Waals surface area contributed by atoms with Gasteiger partial charge in [-0.15, -0.1) is 0 Å². The highest BCUT2D eigenvalue weighted by atomic mass is 16.5. The van der Waals surface area contributed by atoms with Crippen LogP contribution in [0.4, 0.5) is 0 Å². The third-order valence-corrected chi connectivity index (χ3v) is 9.37. The number of nitrogens with one attached hydrogen (secondary N) is 1. The van der Waals surface area contributed by atoms with Gasteiger partial charge in [-0.3, -0.25) is 0 Å². The van der Waals surface area contributed by atoms with Gasteiger partial charge in [0.15, 0.2) is 6.73 Å². The molecular weight excluding hydrogens is 673 g/mol. The maximum atomic E-state index is 5.05. The average molecular weight is 765 g/mol. The summed E-state index contributed by atoms with van der Waals surface area (Å²) < 4.78 is 11.8. The predicted molar refractivity (Wildman–Crippen MR) is 236 cm³/mol. The van der Waals surface area contributed by atoms with E-state index >= 15 is 0 Å². The number of piperidine rings is 2. The molecular formula is C44H92N8O2. The number of ether oxygens (including phenoxy) is 2. The Bertz CT molecular complexity index is 954. The molecule has 6 heterocycles. The summed E-state index contributed by atoms with van der Waals surface area (Å²) in [6.45, 7) is 35.1. The molecule has 1 aromatic rings. The standard InChI is InChI=1S/2C7H15N.C6H13N.C5H8N2.C5H9NO.2C5H11N.C4H10O/c1-7-3-5-8(2)6-4-7;1-7-4-3-5-8(2)6-7;1-6-3-4-7(2)5-6;1-5-3-7(2)4-6-5;1-5-3-6(2)4-7-5;1-5-3-6(2)4-5;1-3-5-6-4-2;1-3-5-4-2/h2*7H,3-6H2,1-2H3;6H,3-5H2,1-2H3;3-4H,1-2H3;3H,4H2,1-2H3;5H,3-4H2,1-2H3;3,5-6H,4H2,1-2H3;3-4H2,1-2H3. The van der Waals surface area contributed by atoms with E-state index in [0.29, 0.717) is 6.73 Å². The molecule has 5 aliphatic heterocycles. The minimum absolute atomic E-state index is 0.714. The number of allylic oxidation sites excluding steroid dienone is 2. The van der Waals surface area contributed by atoms with Crippen LogP contribution in [0.15, 0.2) is 36.8 Å². The Balaban J connectivity index is 0. The molecule has 320 valence electrons. The molecule has 0 saturated carbocycles. The second kappa shape index (κ2) is 35.3. The van der Waals surface area contributed by atoms with Crippen molar-refractivity contribution in [3.8, 4) is 0 Å². The zero-order chi connectivity index (χ0) is 41.3. The van der Waals surface area contributed by atoms with E-state index in [1.54, 1.807) is 6.33 Å². The average Bonchev–Trinajstić information content (AvgIpc) is 3.82. The molecule has 0 bridgehead atoms. The SMILES string of the molecule is CC1=CN(C)CO1.CC1CCCN(C)C1.CC1CCN(C)C1.CC1CCN(C)CC1.CC1CN(C)C1.CC=CNCC.CCOCC.Cc1cn(C)cn1. The highest BCUT2D eigenvalue weighted by Crippen LogP contribution is 2.14. The van der Waals surface area contributed by atoms with Crippen molar-refractivity contribution in [3.63, 3.8) is 0 Å². The molecule has 2 atom stereocenters. The van der Waals surface area contributed by atoms with Crippen LogP contribution in [0.3, 0.4) is 0 Å². The monoisotopic (exact) mass is 765 g/mol. The summed E-state index contributed by atoms with van der Waals surface area (Å²) in [5.41, 5.74) is 1.07. The summed E-state index contributed by atoms with van der Waals surface area (Å²) in [6.07, 6.45) is 16.7. The maximum Gasteiger partial charge on any atom is 0.160 e. The molecule has 10 heteroatoms. The number of nitrogens with zero attached hydrogens (tertiary/aromatic N) is 7. The quantitative estimate of drug-likeness (QED) is 0.330. The van der Waals surface area contributed by atoms with Crippen LogP contribution in [-0.2, 0) is 16.5 Å². The fraction of sp³-hybridized carbons (Fsp3) is 0.841. The first kappa shape index (κ1) is 54.0. The van der Waals surface area contributed by atoms with Crippen molar-refractivity contribution in [2.75, 3.05) is 114 Å². The lowest BCUT2D eigenvalue weighted by Gasteiger charge is -2.33. The molecule has 54 heavy (non-hydrogen) atoms. The van der Waals surface area contributed by atoms with Crippen molar-refractivity contribution in [3.05, 3.63) is 42.5 Å². The highest BCUT2D eigenvalue weighted by Gasteiger charge is 2.16. The Morgan fingerprint density at radius 2 is 1.24 bits per heavy atom. The number of hydrogen-bond acceptors (Lipinski definition) is 9. The lowest BCUT2D eigenvalue weighted by atomic mass is 10.00. The summed E-state index contributed by atoms with van der Waals surface area (Å²) in [4.78, 5) is 15.5. The lowest BCUT2D eigenvalue weighted by molar-refractivity contribution is 0.149. The Morgan fingerprint density at radius 3 is 1.43 bits per heavy atom. The van der Waals surface area contributed by atoms with Crippen LogP contribution in [0.1, 0.15) is 100 Å². The van der Waals surface area contributed by atoms with Gasteiger partial charge in [0.1, 0.15) is 5.76 Å².